The van der Waals surface area contributed by atoms with E-state index in [9.17, 15) is 0 Å². The largest absolute Gasteiger partial charge is 0.495 e. The Balaban J connectivity index is 2.49. The van der Waals surface area contributed by atoms with Crippen LogP contribution in [-0.4, -0.2) is 12.2 Å². The third-order valence-electron chi connectivity index (χ3n) is 2.23. The van der Waals surface area contributed by atoms with Gasteiger partial charge >= 0.3 is 0 Å². The van der Waals surface area contributed by atoms with Gasteiger partial charge in [0.1, 0.15) is 5.75 Å². The monoisotopic (exact) mass is 220 g/mol. The number of benzene rings is 1. The zero-order valence-corrected chi connectivity index (χ0v) is 9.25. The van der Waals surface area contributed by atoms with E-state index in [0.29, 0.717) is 0 Å². The van der Waals surface area contributed by atoms with Crippen molar-refractivity contribution in [1.29, 1.82) is 0 Å². The first kappa shape index (κ1) is 10.2. The summed E-state index contributed by atoms with van der Waals surface area (Å²) in [5.41, 5.74) is 1.97. The maximum Gasteiger partial charge on any atom is 0.142 e. The van der Waals surface area contributed by atoms with Crippen molar-refractivity contribution in [2.75, 3.05) is 7.11 Å². The van der Waals surface area contributed by atoms with Crippen LogP contribution in [0, 0.1) is 0 Å². The fraction of sp³-hybridized carbons (Fsp3) is 0.167. The second kappa shape index (κ2) is 4.47. The van der Waals surface area contributed by atoms with Gasteiger partial charge in [0.15, 0.2) is 0 Å². The van der Waals surface area contributed by atoms with Gasteiger partial charge in [0, 0.05) is 10.9 Å². The summed E-state index contributed by atoms with van der Waals surface area (Å²) in [4.78, 5) is 1.07. The van der Waals surface area contributed by atoms with Gasteiger partial charge < -0.3 is 9.84 Å². The molecule has 78 valence electrons. The average molecular weight is 220 g/mol. The summed E-state index contributed by atoms with van der Waals surface area (Å²) in [5.74, 6) is 0.786. The lowest BCUT2D eigenvalue weighted by Crippen LogP contribution is -1.88. The Hall–Kier alpha value is -1.32. The van der Waals surface area contributed by atoms with E-state index in [-0.39, 0.29) is 6.61 Å². The van der Waals surface area contributed by atoms with E-state index in [1.807, 2.05) is 35.7 Å². The summed E-state index contributed by atoms with van der Waals surface area (Å²) in [7, 11) is 1.63. The van der Waals surface area contributed by atoms with Crippen LogP contribution in [0.1, 0.15) is 5.56 Å². The molecule has 0 aliphatic carbocycles. The Kier molecular flexibility index (Phi) is 3.04. The van der Waals surface area contributed by atoms with Crippen LogP contribution < -0.4 is 4.74 Å². The van der Waals surface area contributed by atoms with E-state index in [4.69, 9.17) is 9.84 Å². The Bertz CT molecular complexity index is 434. The van der Waals surface area contributed by atoms with Crippen LogP contribution in [0.5, 0.6) is 5.75 Å². The Morgan fingerprint density at radius 3 is 2.60 bits per heavy atom. The third kappa shape index (κ3) is 1.89. The highest BCUT2D eigenvalue weighted by molar-refractivity contribution is 7.14. The molecule has 0 atom stereocenters. The van der Waals surface area contributed by atoms with Crippen LogP contribution in [0.4, 0.5) is 0 Å². The Labute approximate surface area is 92.8 Å². The van der Waals surface area contributed by atoms with Gasteiger partial charge in [0.05, 0.1) is 18.6 Å². The summed E-state index contributed by atoms with van der Waals surface area (Å²) in [6, 6.07) is 10.0. The molecule has 1 N–H and O–H groups in total. The van der Waals surface area contributed by atoms with Crippen molar-refractivity contribution in [2.24, 2.45) is 0 Å². The lowest BCUT2D eigenvalue weighted by Gasteiger charge is -2.04. The maximum atomic E-state index is 9.14. The number of ether oxygens (including phenoxy) is 1. The van der Waals surface area contributed by atoms with Crippen LogP contribution in [0.2, 0.25) is 0 Å². The highest BCUT2D eigenvalue weighted by Gasteiger charge is 2.12. The first-order chi connectivity index (χ1) is 7.36. The predicted octanol–water partition coefficient (Wildman–Crippen LogP) is 2.92. The highest BCUT2D eigenvalue weighted by atomic mass is 32.1. The number of aliphatic hydroxyl groups is 1. The standard InChI is InChI=1S/C12H12O2S/c1-14-11-10(7-13)8-15-12(11)9-5-3-2-4-6-9/h2-6,8,13H,7H2,1H3. The summed E-state index contributed by atoms with van der Waals surface area (Å²) < 4.78 is 5.31. The fourth-order valence-electron chi connectivity index (χ4n) is 1.50. The van der Waals surface area contributed by atoms with E-state index in [1.165, 1.54) is 0 Å². The van der Waals surface area contributed by atoms with Crippen LogP contribution in [0.3, 0.4) is 0 Å². The molecule has 0 fully saturated rings. The van der Waals surface area contributed by atoms with E-state index in [1.54, 1.807) is 18.4 Å². The minimum absolute atomic E-state index is 0.0203. The number of hydrogen-bond donors (Lipinski definition) is 1. The number of aliphatic hydroxyl groups excluding tert-OH is 1. The molecule has 1 aromatic heterocycles. The molecule has 0 bridgehead atoms. The molecule has 0 spiro atoms. The van der Waals surface area contributed by atoms with Crippen LogP contribution in [-0.2, 0) is 6.61 Å². The van der Waals surface area contributed by atoms with Crippen molar-refractivity contribution < 1.29 is 9.84 Å². The molecule has 0 saturated carbocycles. The first-order valence-electron chi connectivity index (χ1n) is 4.67. The Morgan fingerprint density at radius 2 is 2.00 bits per heavy atom. The average Bonchev–Trinajstić information content (AvgIpc) is 2.72. The second-order valence-electron chi connectivity index (χ2n) is 3.15. The molecule has 0 radical (unpaired) electrons. The molecule has 3 heteroatoms. The summed E-state index contributed by atoms with van der Waals surface area (Å²) in [6.07, 6.45) is 0. The molecule has 0 saturated heterocycles. The number of rotatable bonds is 3. The number of thiophene rings is 1. The zero-order chi connectivity index (χ0) is 10.7. The number of methoxy groups -OCH3 is 1. The first-order valence-corrected chi connectivity index (χ1v) is 5.55. The molecule has 0 aliphatic rings. The molecule has 1 heterocycles. The van der Waals surface area contributed by atoms with E-state index >= 15 is 0 Å². The normalized spacial score (nSPS) is 10.3. The molecule has 15 heavy (non-hydrogen) atoms. The van der Waals surface area contributed by atoms with E-state index in [0.717, 1.165) is 21.8 Å². The van der Waals surface area contributed by atoms with Crippen LogP contribution in [0.25, 0.3) is 10.4 Å². The zero-order valence-electron chi connectivity index (χ0n) is 8.43. The SMILES string of the molecule is COc1c(CO)csc1-c1ccccc1. The lowest BCUT2D eigenvalue weighted by atomic mass is 10.1. The Morgan fingerprint density at radius 1 is 1.27 bits per heavy atom. The maximum absolute atomic E-state index is 9.14. The van der Waals surface area contributed by atoms with Crippen molar-refractivity contribution in [2.45, 2.75) is 6.61 Å². The van der Waals surface area contributed by atoms with Gasteiger partial charge in [-0.25, -0.2) is 0 Å². The molecule has 2 rings (SSSR count). The van der Waals surface area contributed by atoms with Crippen molar-refractivity contribution in [3.05, 3.63) is 41.3 Å². The molecule has 0 amide bonds. The molecule has 2 aromatic rings. The fourth-order valence-corrected chi connectivity index (χ4v) is 2.54. The molecular weight excluding hydrogens is 208 g/mol. The van der Waals surface area contributed by atoms with Crippen LogP contribution in [0.15, 0.2) is 35.7 Å². The lowest BCUT2D eigenvalue weighted by molar-refractivity contribution is 0.275. The van der Waals surface area contributed by atoms with Gasteiger partial charge in [-0.2, -0.15) is 0 Å². The number of hydrogen-bond acceptors (Lipinski definition) is 3. The summed E-state index contributed by atoms with van der Waals surface area (Å²) in [6.45, 7) is 0.0203. The van der Waals surface area contributed by atoms with Crippen molar-refractivity contribution in [3.8, 4) is 16.2 Å². The van der Waals surface area contributed by atoms with Crippen molar-refractivity contribution in [3.63, 3.8) is 0 Å². The molecule has 2 nitrogen and oxygen atoms in total. The van der Waals surface area contributed by atoms with Crippen molar-refractivity contribution in [1.82, 2.24) is 0 Å². The van der Waals surface area contributed by atoms with Gasteiger partial charge in [-0.1, -0.05) is 30.3 Å². The molecule has 0 unspecified atom stereocenters. The third-order valence-corrected chi connectivity index (χ3v) is 3.29. The topological polar surface area (TPSA) is 29.5 Å². The van der Waals surface area contributed by atoms with E-state index < -0.39 is 0 Å². The highest BCUT2D eigenvalue weighted by Crippen LogP contribution is 2.38. The van der Waals surface area contributed by atoms with Gasteiger partial charge in [0.2, 0.25) is 0 Å². The van der Waals surface area contributed by atoms with Gasteiger partial charge in [-0.3, -0.25) is 0 Å². The molecule has 1 aromatic carbocycles. The summed E-state index contributed by atoms with van der Waals surface area (Å²) >= 11 is 1.59. The second-order valence-corrected chi connectivity index (χ2v) is 4.03. The van der Waals surface area contributed by atoms with E-state index in [2.05, 4.69) is 0 Å². The van der Waals surface area contributed by atoms with Gasteiger partial charge in [0.25, 0.3) is 0 Å². The van der Waals surface area contributed by atoms with Gasteiger partial charge in [-0.05, 0) is 5.56 Å². The minimum atomic E-state index is 0.0203. The van der Waals surface area contributed by atoms with Gasteiger partial charge in [-0.15, -0.1) is 11.3 Å². The quantitative estimate of drug-likeness (QED) is 0.861. The molecular formula is C12H12O2S. The van der Waals surface area contributed by atoms with Crippen molar-refractivity contribution >= 4 is 11.3 Å². The smallest absolute Gasteiger partial charge is 0.142 e. The van der Waals surface area contributed by atoms with Crippen LogP contribution >= 0.6 is 11.3 Å². The minimum Gasteiger partial charge on any atom is -0.495 e. The summed E-state index contributed by atoms with van der Waals surface area (Å²) in [5, 5.41) is 11.1. The predicted molar refractivity (Wildman–Crippen MR) is 62.2 cm³/mol. The molecule has 0 aliphatic heterocycles.